The van der Waals surface area contributed by atoms with Crippen LogP contribution < -0.4 is 41.4 Å². The van der Waals surface area contributed by atoms with Crippen molar-refractivity contribution in [2.24, 2.45) is 11.8 Å². The molecule has 0 saturated heterocycles. The van der Waals surface area contributed by atoms with E-state index in [1.807, 2.05) is 6.92 Å². The summed E-state index contributed by atoms with van der Waals surface area (Å²) in [5.74, 6) is -6.21. The Hall–Kier alpha value is -8.90. The van der Waals surface area contributed by atoms with E-state index in [0.29, 0.717) is 109 Å². The molecule has 2 rings (SSSR count). The topological polar surface area (TPSA) is 484 Å². The van der Waals surface area contributed by atoms with E-state index in [1.165, 1.54) is 31.2 Å². The Balaban J connectivity index is 0.0000720. The molecule has 0 aliphatic heterocycles. The second kappa shape index (κ2) is 70.9. The highest BCUT2D eigenvalue weighted by Gasteiger charge is 2.25. The number of Topliss-reactive ketones (excluding diaryl/α,β-unsaturated/α-hetero) is 4. The normalized spacial score (nSPS) is 12.1. The fourth-order valence-electron chi connectivity index (χ4n) is 11.8. The number of hydrogen-bond acceptors (Lipinski definition) is 24. The van der Waals surface area contributed by atoms with E-state index in [2.05, 4.69) is 31.9 Å². The van der Waals surface area contributed by atoms with Crippen LogP contribution in [0.1, 0.15) is 236 Å². The minimum Gasteiger partial charge on any atom is -0.494 e. The Morgan fingerprint density at radius 2 is 0.681 bits per heavy atom. The molecule has 2 aromatic carbocycles. The Labute approximate surface area is 702 Å². The number of carboxylic acids is 4. The van der Waals surface area contributed by atoms with Crippen molar-refractivity contribution in [3.63, 3.8) is 0 Å². The highest BCUT2D eigenvalue weighted by atomic mass is 16.5. The van der Waals surface area contributed by atoms with E-state index in [4.69, 9.17) is 57.6 Å². The maximum atomic E-state index is 13.1. The molecule has 0 saturated carbocycles. The number of ether oxygens (including phenoxy) is 10. The van der Waals surface area contributed by atoms with Gasteiger partial charge >= 0.3 is 23.9 Å². The van der Waals surface area contributed by atoms with Crippen molar-refractivity contribution in [1.82, 2.24) is 31.9 Å². The van der Waals surface area contributed by atoms with E-state index in [1.54, 1.807) is 24.3 Å². The monoisotopic (exact) mass is 1690 g/mol. The first-order valence-corrected chi connectivity index (χ1v) is 42.2. The molecule has 34 heteroatoms. The Kier molecular flexibility index (Phi) is 63.3. The van der Waals surface area contributed by atoms with Crippen molar-refractivity contribution in [3.05, 3.63) is 59.7 Å². The number of aromatic carboxylic acids is 2. The summed E-state index contributed by atoms with van der Waals surface area (Å²) in [5, 5.41) is 53.1. The number of ketones is 4. The van der Waals surface area contributed by atoms with Crippen LogP contribution in [-0.4, -0.2) is 260 Å². The maximum absolute atomic E-state index is 13.1. The van der Waals surface area contributed by atoms with Crippen molar-refractivity contribution in [2.45, 2.75) is 225 Å². The second-order valence-electron chi connectivity index (χ2n) is 29.0. The van der Waals surface area contributed by atoms with Crippen LogP contribution in [-0.2, 0) is 95.4 Å². The standard InChI is InChI=1S/C85H134N6O28.2H2/c1-64(23-15-17-41-86-79(99)61-115-56-52-111-46-22-26-70(94)60-114-55-53-112-49-43-88-76(96)40-39-74(85(108)109)91-78(98)28-14-10-6-4-8-12-20-48-119-72-36-31-67(32-37-72)83(104)105)75(95)59-68(65(2)92)24-16-18-42-87-80(100)62-117-58-54-113-50-44-89-81(101)63-116-57-51-110-45-21-25-69(93)33-38-73(84(106)107)90-77(97)27-13-9-5-3-7-11-19-47-118-71-34-29-66(30-35-71)82(102)103;;/h29-32,34-37,64,68,73-74H,3-28,33,38-63H2,1-2H3,(H,86,99)(H,87,100)(H,88,96)(H,89,101)(H,90,97)(H,91,98)(H,102,103)(H,104,105)(H,106,107)(H,108,109);2*1H/t64-,68+,73-,74-;;/m0../s1. The third-order valence-corrected chi connectivity index (χ3v) is 18.8. The zero-order valence-electron chi connectivity index (χ0n) is 70.0. The highest BCUT2D eigenvalue weighted by molar-refractivity contribution is 5.90. The molecule has 0 fully saturated rings. The van der Waals surface area contributed by atoms with Gasteiger partial charge in [0.2, 0.25) is 35.4 Å². The molecule has 4 atom stereocenters. The minimum absolute atomic E-state index is 0. The van der Waals surface area contributed by atoms with Crippen molar-refractivity contribution >= 4 is 82.5 Å². The summed E-state index contributed by atoms with van der Waals surface area (Å²) >= 11 is 0. The zero-order chi connectivity index (χ0) is 87.1. The minimum atomic E-state index is -1.22. The van der Waals surface area contributed by atoms with Gasteiger partial charge in [-0.25, -0.2) is 19.2 Å². The number of aliphatic carboxylic acids is 2. The molecule has 0 spiro atoms. The lowest BCUT2D eigenvalue weighted by molar-refractivity contribution is -0.142. The second-order valence-corrected chi connectivity index (χ2v) is 29.0. The number of carbonyl (C=O) groups excluding carboxylic acids is 10. The smallest absolute Gasteiger partial charge is 0.335 e. The number of rotatable bonds is 82. The number of carboxylic acid groups (broad SMARTS) is 4. The van der Waals surface area contributed by atoms with Crippen molar-refractivity contribution in [3.8, 4) is 11.5 Å². The molecule has 0 unspecified atom stereocenters. The van der Waals surface area contributed by atoms with Gasteiger partial charge in [-0.3, -0.25) is 47.9 Å². The molecule has 676 valence electrons. The van der Waals surface area contributed by atoms with E-state index in [9.17, 15) is 77.3 Å². The summed E-state index contributed by atoms with van der Waals surface area (Å²) in [4.78, 5) is 169. The highest BCUT2D eigenvalue weighted by Crippen LogP contribution is 2.21. The van der Waals surface area contributed by atoms with Crippen LogP contribution in [0.3, 0.4) is 0 Å². The van der Waals surface area contributed by atoms with Gasteiger partial charge in [0, 0.05) is 99.0 Å². The average Bonchev–Trinajstić information content (AvgIpc) is 0.876. The van der Waals surface area contributed by atoms with Gasteiger partial charge in [0.25, 0.3) is 0 Å². The molecule has 0 aliphatic rings. The summed E-state index contributed by atoms with van der Waals surface area (Å²) in [6.07, 6.45) is 17.8. The summed E-state index contributed by atoms with van der Waals surface area (Å²) < 4.78 is 54.7. The van der Waals surface area contributed by atoms with Crippen LogP contribution in [0.2, 0.25) is 0 Å². The quantitative estimate of drug-likeness (QED) is 0.0278. The van der Waals surface area contributed by atoms with Gasteiger partial charge in [-0.15, -0.1) is 0 Å². The first kappa shape index (κ1) is 106. The Bertz CT molecular complexity index is 3230. The third kappa shape index (κ3) is 61.1. The summed E-state index contributed by atoms with van der Waals surface area (Å²) in [6.45, 7) is 7.38. The van der Waals surface area contributed by atoms with Gasteiger partial charge in [-0.1, -0.05) is 84.0 Å². The molecule has 0 bridgehead atoms. The number of hydrogen-bond donors (Lipinski definition) is 10. The molecule has 0 aromatic heterocycles. The molecule has 0 radical (unpaired) electrons. The van der Waals surface area contributed by atoms with Gasteiger partial charge in [0.15, 0.2) is 5.78 Å². The van der Waals surface area contributed by atoms with Crippen LogP contribution in [0.4, 0.5) is 0 Å². The fraction of sp³-hybridized carbons (Fsp3) is 0.694. The van der Waals surface area contributed by atoms with Crippen molar-refractivity contribution in [1.29, 1.82) is 0 Å². The molecule has 6 amide bonds. The van der Waals surface area contributed by atoms with Gasteiger partial charge in [0.05, 0.1) is 90.4 Å². The SMILES string of the molecule is CC(=O)[C@H](CCCCNC(=O)COCCOCCNC(=O)COCCOCCCC(=O)CC[C@H](NC(=O)CCCCCCCCCOc1ccc(C(=O)O)cc1)C(=O)O)CC(=O)[C@@H](C)CCCCNC(=O)COCCOCCCC(=O)COCCOCCNC(=O)CC[C@H](NC(=O)CCCCCCCCCOc1ccc(C(=O)O)cc1)C(=O)O.[HH].[HH]. The first-order chi connectivity index (χ1) is 57.4. The predicted molar refractivity (Wildman–Crippen MR) is 441 cm³/mol. The Morgan fingerprint density at radius 3 is 1.10 bits per heavy atom. The zero-order valence-corrected chi connectivity index (χ0v) is 70.0. The van der Waals surface area contributed by atoms with Crippen LogP contribution >= 0.6 is 0 Å². The van der Waals surface area contributed by atoms with E-state index < -0.39 is 41.9 Å². The molecule has 10 N–H and O–H groups in total. The molecular weight excluding hydrogens is 1550 g/mol. The van der Waals surface area contributed by atoms with Crippen molar-refractivity contribution in [2.75, 3.05) is 145 Å². The van der Waals surface area contributed by atoms with Gasteiger partial charge in [-0.05, 0) is 133 Å². The molecule has 34 nitrogen and oxygen atoms in total. The maximum Gasteiger partial charge on any atom is 0.335 e. The first-order valence-electron chi connectivity index (χ1n) is 42.2. The number of benzene rings is 2. The molecule has 2 aromatic rings. The summed E-state index contributed by atoms with van der Waals surface area (Å²) in [5.41, 5.74) is 0.409. The molecule has 119 heavy (non-hydrogen) atoms. The lowest BCUT2D eigenvalue weighted by atomic mass is 9.87. The number of unbranched alkanes of at least 4 members (excludes halogenated alkanes) is 14. The van der Waals surface area contributed by atoms with E-state index in [-0.39, 0.29) is 248 Å². The van der Waals surface area contributed by atoms with Crippen molar-refractivity contribution < 1.29 is 138 Å². The van der Waals surface area contributed by atoms with Gasteiger partial charge in [0.1, 0.15) is 67.4 Å². The van der Waals surface area contributed by atoms with Gasteiger partial charge < -0.3 is 99.7 Å². The fourth-order valence-corrected chi connectivity index (χ4v) is 11.8. The van der Waals surface area contributed by atoms with Crippen LogP contribution in [0.15, 0.2) is 48.5 Å². The number of carbonyl (C=O) groups is 14. The lowest BCUT2D eigenvalue weighted by Gasteiger charge is -2.16. The lowest BCUT2D eigenvalue weighted by Crippen LogP contribution is -2.41. The molecule has 0 heterocycles. The van der Waals surface area contributed by atoms with Gasteiger partial charge in [-0.2, -0.15) is 0 Å². The summed E-state index contributed by atoms with van der Waals surface area (Å²) in [6, 6.07) is 10.2. The predicted octanol–water partition coefficient (Wildman–Crippen LogP) is 8.41. The largest absolute Gasteiger partial charge is 0.494 e. The number of nitrogens with one attached hydrogen (secondary N) is 6. The Morgan fingerprint density at radius 1 is 0.319 bits per heavy atom. The van der Waals surface area contributed by atoms with Crippen LogP contribution in [0.5, 0.6) is 11.5 Å². The van der Waals surface area contributed by atoms with Crippen LogP contribution in [0.25, 0.3) is 0 Å². The molecular formula is C85H138N6O28. The van der Waals surface area contributed by atoms with Crippen LogP contribution in [0, 0.1) is 11.8 Å². The average molecular weight is 1690 g/mol. The third-order valence-electron chi connectivity index (χ3n) is 18.8. The van der Waals surface area contributed by atoms with E-state index >= 15 is 0 Å². The molecule has 0 aliphatic carbocycles. The van der Waals surface area contributed by atoms with E-state index in [0.717, 1.165) is 77.0 Å². The summed E-state index contributed by atoms with van der Waals surface area (Å²) in [7, 11) is 0. The number of amides is 6.